The molecule has 0 saturated carbocycles. The smallest absolute Gasteiger partial charge is 0.326 e. The van der Waals surface area contributed by atoms with Gasteiger partial charge in [-0.2, -0.15) is 4.98 Å². The van der Waals surface area contributed by atoms with Gasteiger partial charge in [-0.25, -0.2) is 14.8 Å². The fourth-order valence-electron chi connectivity index (χ4n) is 6.19. The molecule has 3 aromatic rings. The van der Waals surface area contributed by atoms with Crippen molar-refractivity contribution in [1.82, 2.24) is 57.2 Å². The molecule has 0 saturated heterocycles. The van der Waals surface area contributed by atoms with Crippen LogP contribution in [0.5, 0.6) is 0 Å². The molecule has 70 heavy (non-hydrogen) atoms. The lowest BCUT2D eigenvalue weighted by atomic mass is 10.1. The first-order valence-corrected chi connectivity index (χ1v) is 21.2. The maximum atomic E-state index is 13.5. The standard InChI is InChI=1S/C40H55N15O15/c1-17(31(61)51-23(10-12-27(57)58)34(64)48-18(2)37(67)68)47-33(63)22(4-3-13-44-39(41)42)52-35(65)25(14-28(59)60)50-26(56)11-9-24(38(69)70)53-32(62)19-5-7-20(8-6-19)45-15-21-16-46-30-29(49-21)36(66)55-40(43)54-30/h5-8,16-18,22-26,45,50,56H,3-4,9-15H2,1-2H3,(H,47,63)(H,48,64)(H,51,61)(H,52,65)(H,53,62)(H,57,58)(H,59,60)(H,67,68)(H,69,70)(H4,41,42,44)(H3,43,46,54,55,66)/t17-,18-,22-,23-,24+,25+,26?/m0/s1. The molecule has 30 nitrogen and oxygen atoms in total. The molecular weight excluding hydrogens is 931 g/mol. The number of carboxylic acid groups (broad SMARTS) is 4. The molecule has 0 spiro atoms. The van der Waals surface area contributed by atoms with Crippen LogP contribution in [0.25, 0.3) is 11.2 Å². The summed E-state index contributed by atoms with van der Waals surface area (Å²) in [6, 6.07) is -3.46. The summed E-state index contributed by atoms with van der Waals surface area (Å²) in [7, 11) is 0. The van der Waals surface area contributed by atoms with Crippen molar-refractivity contribution >= 4 is 82.2 Å². The second-order valence-corrected chi connectivity index (χ2v) is 15.5. The van der Waals surface area contributed by atoms with E-state index < -0.39 is 140 Å². The molecule has 19 N–H and O–H groups in total. The minimum absolute atomic E-state index is 0.0164. The van der Waals surface area contributed by atoms with E-state index in [0.29, 0.717) is 11.4 Å². The van der Waals surface area contributed by atoms with Crippen LogP contribution >= 0.6 is 0 Å². The number of amides is 5. The lowest BCUT2D eigenvalue weighted by Gasteiger charge is -2.26. The van der Waals surface area contributed by atoms with E-state index in [-0.39, 0.29) is 48.6 Å². The summed E-state index contributed by atoms with van der Waals surface area (Å²) >= 11 is 0. The van der Waals surface area contributed by atoms with Crippen LogP contribution in [0.3, 0.4) is 0 Å². The van der Waals surface area contributed by atoms with Gasteiger partial charge in [0.2, 0.25) is 29.6 Å². The highest BCUT2D eigenvalue weighted by Crippen LogP contribution is 2.13. The number of guanidine groups is 1. The van der Waals surface area contributed by atoms with Gasteiger partial charge >= 0.3 is 23.9 Å². The molecule has 0 aliphatic carbocycles. The van der Waals surface area contributed by atoms with E-state index in [9.17, 15) is 63.3 Å². The van der Waals surface area contributed by atoms with Crippen LogP contribution in [0.2, 0.25) is 0 Å². The Kier molecular flexibility index (Phi) is 21.3. The lowest BCUT2D eigenvalue weighted by molar-refractivity contribution is -0.142. The van der Waals surface area contributed by atoms with E-state index in [2.05, 4.69) is 62.5 Å². The Bertz CT molecular complexity index is 2470. The number of nitrogens with one attached hydrogen (secondary N) is 10. The zero-order valence-corrected chi connectivity index (χ0v) is 37.6. The molecule has 5 amide bonds. The van der Waals surface area contributed by atoms with Crippen molar-refractivity contribution in [3.8, 4) is 0 Å². The van der Waals surface area contributed by atoms with Crippen LogP contribution in [0, 0.1) is 5.41 Å². The third kappa shape index (κ3) is 18.6. The summed E-state index contributed by atoms with van der Waals surface area (Å²) in [5.74, 6) is -11.3. The van der Waals surface area contributed by atoms with Gasteiger partial charge in [-0.05, 0) is 70.2 Å². The molecule has 2 aromatic heterocycles. The van der Waals surface area contributed by atoms with Gasteiger partial charge in [0.15, 0.2) is 17.1 Å². The monoisotopic (exact) mass is 985 g/mol. The second-order valence-electron chi connectivity index (χ2n) is 15.5. The summed E-state index contributed by atoms with van der Waals surface area (Å²) in [4.78, 5) is 139. The van der Waals surface area contributed by atoms with E-state index in [1.54, 1.807) is 0 Å². The number of fused-ring (bicyclic) bond motifs is 1. The quantitative estimate of drug-likeness (QED) is 0.0136. The number of anilines is 2. The number of benzene rings is 1. The Hall–Kier alpha value is -8.54. The molecule has 30 heteroatoms. The Labute approximate surface area is 396 Å². The van der Waals surface area contributed by atoms with Crippen LogP contribution in [-0.4, -0.2) is 154 Å². The molecule has 3 rings (SSSR count). The van der Waals surface area contributed by atoms with Crippen molar-refractivity contribution in [2.45, 2.75) is 108 Å². The summed E-state index contributed by atoms with van der Waals surface area (Å²) < 4.78 is 0. The first-order valence-electron chi connectivity index (χ1n) is 21.2. The lowest BCUT2D eigenvalue weighted by Crippen LogP contribution is -2.58. The Balaban J connectivity index is 1.64. The van der Waals surface area contributed by atoms with Gasteiger partial charge in [-0.3, -0.25) is 58.9 Å². The number of hydrogen-bond acceptors (Lipinski definition) is 18. The molecule has 0 aliphatic heterocycles. The average Bonchev–Trinajstić information content (AvgIpc) is 3.28. The molecule has 0 fully saturated rings. The first-order chi connectivity index (χ1) is 32.9. The van der Waals surface area contributed by atoms with Crippen molar-refractivity contribution < 1.29 is 68.7 Å². The fraction of sp³-hybridized carbons (Fsp3) is 0.450. The number of aliphatic hydroxyl groups excluding tert-OH is 1. The summed E-state index contributed by atoms with van der Waals surface area (Å²) in [5.41, 5.74) is 11.2. The van der Waals surface area contributed by atoms with Crippen molar-refractivity contribution in [1.29, 1.82) is 5.41 Å². The van der Waals surface area contributed by atoms with Gasteiger partial charge in [0.1, 0.15) is 36.4 Å². The van der Waals surface area contributed by atoms with E-state index in [4.69, 9.17) is 27.1 Å². The highest BCUT2D eigenvalue weighted by Gasteiger charge is 2.32. The van der Waals surface area contributed by atoms with Crippen molar-refractivity contribution in [2.24, 2.45) is 5.73 Å². The van der Waals surface area contributed by atoms with Crippen LogP contribution in [0.15, 0.2) is 35.3 Å². The number of aliphatic hydroxyl groups is 1. The Morgan fingerprint density at radius 2 is 1.34 bits per heavy atom. The third-order valence-corrected chi connectivity index (χ3v) is 9.91. The Morgan fingerprint density at radius 3 is 1.94 bits per heavy atom. The molecule has 2 heterocycles. The molecule has 7 atom stereocenters. The predicted octanol–water partition coefficient (Wildman–Crippen LogP) is -4.19. The highest BCUT2D eigenvalue weighted by atomic mass is 16.4. The van der Waals surface area contributed by atoms with Gasteiger partial charge in [-0.1, -0.05) is 0 Å². The van der Waals surface area contributed by atoms with Gasteiger partial charge in [0.05, 0.1) is 30.9 Å². The molecule has 0 bridgehead atoms. The normalized spacial score (nSPS) is 13.9. The number of carboxylic acids is 4. The molecule has 0 aliphatic rings. The predicted molar refractivity (Wildman–Crippen MR) is 242 cm³/mol. The van der Waals surface area contributed by atoms with Crippen LogP contribution in [-0.2, 0) is 44.9 Å². The topological polar surface area (TPSA) is 498 Å². The number of aromatic nitrogens is 4. The summed E-state index contributed by atoms with van der Waals surface area (Å²) in [5, 5.41) is 75.2. The maximum absolute atomic E-state index is 13.5. The number of nitrogens with two attached hydrogens (primary N) is 2. The van der Waals surface area contributed by atoms with Gasteiger partial charge in [0.25, 0.3) is 11.5 Å². The minimum Gasteiger partial charge on any atom is -0.481 e. The second kappa shape index (κ2) is 26.7. The van der Waals surface area contributed by atoms with E-state index in [1.807, 2.05) is 0 Å². The van der Waals surface area contributed by atoms with E-state index >= 15 is 0 Å². The number of carbonyl (C=O) groups is 9. The van der Waals surface area contributed by atoms with E-state index in [1.165, 1.54) is 37.4 Å². The minimum atomic E-state index is -1.75. The third-order valence-electron chi connectivity index (χ3n) is 9.91. The van der Waals surface area contributed by atoms with Gasteiger partial charge < -0.3 is 74.2 Å². The zero-order valence-electron chi connectivity index (χ0n) is 37.6. The van der Waals surface area contributed by atoms with Crippen LogP contribution in [0.4, 0.5) is 11.6 Å². The molecule has 0 radical (unpaired) electrons. The molecule has 380 valence electrons. The van der Waals surface area contributed by atoms with Gasteiger partial charge in [0, 0.05) is 24.2 Å². The summed E-state index contributed by atoms with van der Waals surface area (Å²) in [6.07, 6.45) is -3.42. The first kappa shape index (κ1) is 55.8. The number of aromatic amines is 1. The summed E-state index contributed by atoms with van der Waals surface area (Å²) in [6.45, 7) is 2.44. The highest BCUT2D eigenvalue weighted by molar-refractivity contribution is 5.97. The van der Waals surface area contributed by atoms with Crippen LogP contribution in [0.1, 0.15) is 74.8 Å². The van der Waals surface area contributed by atoms with Crippen molar-refractivity contribution in [3.63, 3.8) is 0 Å². The SMILES string of the molecule is C[C@H](NC(=O)[C@H](CCC(=O)O)NC(=O)[C@H](C)NC(=O)[C@H](CCCNC(=N)N)NC(=O)[C@@H](CC(=O)O)NC(O)CC[C@@H](NC(=O)c1ccc(NCc2cnc3nc(N)[nH]c(=O)c3n2)cc1)C(=O)O)C(=O)O. The molecular formula is C40H55N15O15. The Morgan fingerprint density at radius 1 is 0.729 bits per heavy atom. The molecule has 1 aromatic carbocycles. The number of rotatable bonds is 29. The van der Waals surface area contributed by atoms with E-state index in [0.717, 1.165) is 6.92 Å². The van der Waals surface area contributed by atoms with Crippen molar-refractivity contribution in [3.05, 3.63) is 52.1 Å². The largest absolute Gasteiger partial charge is 0.481 e. The van der Waals surface area contributed by atoms with Gasteiger partial charge in [-0.15, -0.1) is 0 Å². The number of H-pyrrole nitrogens is 1. The number of hydrogen-bond donors (Lipinski definition) is 17. The number of aliphatic carboxylic acids is 4. The fourth-order valence-corrected chi connectivity index (χ4v) is 6.19. The zero-order chi connectivity index (χ0) is 52.2. The average molecular weight is 986 g/mol. The number of nitrogen functional groups attached to an aromatic ring is 1. The van der Waals surface area contributed by atoms with Crippen LogP contribution < -0.4 is 59.6 Å². The number of nitrogens with zero attached hydrogens (tertiary/aromatic N) is 3. The molecule has 1 unspecified atom stereocenters. The van der Waals surface area contributed by atoms with Crippen molar-refractivity contribution in [2.75, 3.05) is 17.6 Å². The maximum Gasteiger partial charge on any atom is 0.326 e. The number of carbonyl (C=O) groups excluding carboxylic acids is 5.